The van der Waals surface area contributed by atoms with Gasteiger partial charge in [0.25, 0.3) is 0 Å². The Morgan fingerprint density at radius 2 is 1.77 bits per heavy atom. The smallest absolute Gasteiger partial charge is 0.333 e. The lowest BCUT2D eigenvalue weighted by Gasteiger charge is -2.18. The van der Waals surface area contributed by atoms with E-state index in [1.54, 1.807) is 13.8 Å². The molecule has 0 rings (SSSR count). The summed E-state index contributed by atoms with van der Waals surface area (Å²) >= 11 is 0. The third kappa shape index (κ3) is 5.39. The minimum Gasteiger partial charge on any atom is -0.394 e. The normalized spacial score (nSPS) is 14.5. The summed E-state index contributed by atoms with van der Waals surface area (Å²) in [5.74, 6) is 0. The summed E-state index contributed by atoms with van der Waals surface area (Å²) < 4.78 is 21.5. The van der Waals surface area contributed by atoms with Crippen LogP contribution in [-0.2, 0) is 13.6 Å². The summed E-state index contributed by atoms with van der Waals surface area (Å²) in [6.07, 6.45) is -1.21. The van der Waals surface area contributed by atoms with E-state index >= 15 is 0 Å². The van der Waals surface area contributed by atoms with Crippen molar-refractivity contribution in [1.29, 1.82) is 0 Å². The Bertz CT molecular complexity index is 162. The topological polar surface area (TPSA) is 76.0 Å². The first-order chi connectivity index (χ1) is 6.08. The lowest BCUT2D eigenvalue weighted by Crippen LogP contribution is -2.19. The average Bonchev–Trinajstić information content (AvgIpc) is 2.04. The van der Waals surface area contributed by atoms with Crippen LogP contribution >= 0.6 is 7.60 Å². The SMILES string of the molecule is CCOP(=O)(C[C@H](O)CO)OCC. The van der Waals surface area contributed by atoms with Gasteiger partial charge in [0.05, 0.1) is 32.1 Å². The van der Waals surface area contributed by atoms with Crippen LogP contribution in [0, 0.1) is 0 Å². The minimum atomic E-state index is -3.20. The highest BCUT2D eigenvalue weighted by Gasteiger charge is 2.26. The molecule has 0 aromatic rings. The molecular formula is C7H17O5P. The zero-order valence-corrected chi connectivity index (χ0v) is 8.87. The van der Waals surface area contributed by atoms with Gasteiger partial charge in [0.2, 0.25) is 0 Å². The molecule has 5 nitrogen and oxygen atoms in total. The molecule has 0 amide bonds. The van der Waals surface area contributed by atoms with Crippen molar-refractivity contribution in [2.45, 2.75) is 20.0 Å². The van der Waals surface area contributed by atoms with Crippen molar-refractivity contribution >= 4 is 7.60 Å². The molecule has 0 bridgehead atoms. The Morgan fingerprint density at radius 3 is 2.08 bits per heavy atom. The van der Waals surface area contributed by atoms with Crippen LogP contribution in [-0.4, -0.2) is 42.3 Å². The maximum atomic E-state index is 11.7. The van der Waals surface area contributed by atoms with E-state index in [1.807, 2.05) is 0 Å². The summed E-state index contributed by atoms with van der Waals surface area (Å²) in [5.41, 5.74) is 0. The molecule has 13 heavy (non-hydrogen) atoms. The molecule has 80 valence electrons. The van der Waals surface area contributed by atoms with E-state index in [9.17, 15) is 4.57 Å². The predicted octanol–water partition coefficient (Wildman–Crippen LogP) is 0.606. The second-order valence-electron chi connectivity index (χ2n) is 2.47. The molecule has 0 aromatic heterocycles. The number of rotatable bonds is 7. The van der Waals surface area contributed by atoms with Gasteiger partial charge in [0.15, 0.2) is 0 Å². The van der Waals surface area contributed by atoms with Gasteiger partial charge in [-0.1, -0.05) is 0 Å². The fraction of sp³-hybridized carbons (Fsp3) is 1.00. The maximum Gasteiger partial charge on any atom is 0.333 e. The molecule has 0 aliphatic heterocycles. The van der Waals surface area contributed by atoms with E-state index < -0.39 is 20.3 Å². The molecule has 0 radical (unpaired) electrons. The van der Waals surface area contributed by atoms with Crippen molar-refractivity contribution < 1.29 is 23.8 Å². The molecule has 0 unspecified atom stereocenters. The average molecular weight is 212 g/mol. The van der Waals surface area contributed by atoms with Gasteiger partial charge in [-0.25, -0.2) is 0 Å². The Morgan fingerprint density at radius 1 is 1.31 bits per heavy atom. The summed E-state index contributed by atoms with van der Waals surface area (Å²) in [6, 6.07) is 0. The van der Waals surface area contributed by atoms with Gasteiger partial charge in [0.1, 0.15) is 0 Å². The van der Waals surface area contributed by atoms with Crippen LogP contribution in [0.1, 0.15) is 13.8 Å². The Hall–Kier alpha value is 0.0700. The quantitative estimate of drug-likeness (QED) is 0.604. The molecule has 6 heteroatoms. The van der Waals surface area contributed by atoms with Gasteiger partial charge < -0.3 is 19.3 Å². The van der Waals surface area contributed by atoms with Crippen LogP contribution in [0.15, 0.2) is 0 Å². The van der Waals surface area contributed by atoms with Crippen molar-refractivity contribution in [3.05, 3.63) is 0 Å². The molecular weight excluding hydrogens is 195 g/mol. The van der Waals surface area contributed by atoms with Crippen LogP contribution in [0.3, 0.4) is 0 Å². The molecule has 0 spiro atoms. The number of hydrogen-bond acceptors (Lipinski definition) is 5. The van der Waals surface area contributed by atoms with Crippen molar-refractivity contribution in [2.24, 2.45) is 0 Å². The predicted molar refractivity (Wildman–Crippen MR) is 48.8 cm³/mol. The Kier molecular flexibility index (Phi) is 6.55. The van der Waals surface area contributed by atoms with Gasteiger partial charge in [-0.05, 0) is 13.8 Å². The summed E-state index contributed by atoms with van der Waals surface area (Å²) in [4.78, 5) is 0. The van der Waals surface area contributed by atoms with Gasteiger partial charge in [-0.15, -0.1) is 0 Å². The molecule has 0 heterocycles. The zero-order valence-electron chi connectivity index (χ0n) is 7.97. The third-order valence-corrected chi connectivity index (χ3v) is 3.47. The molecule has 0 saturated heterocycles. The molecule has 1 atom stereocenters. The van der Waals surface area contributed by atoms with Gasteiger partial charge in [0, 0.05) is 0 Å². The molecule has 0 fully saturated rings. The standard InChI is InChI=1S/C7H17O5P/c1-3-11-13(10,12-4-2)6-7(9)5-8/h7-9H,3-6H2,1-2H3/t7-/m1/s1. The molecule has 2 N–H and O–H groups in total. The third-order valence-electron chi connectivity index (χ3n) is 1.30. The van der Waals surface area contributed by atoms with E-state index in [-0.39, 0.29) is 19.4 Å². The lowest BCUT2D eigenvalue weighted by atomic mass is 10.4. The highest BCUT2D eigenvalue weighted by Crippen LogP contribution is 2.48. The maximum absolute atomic E-state index is 11.7. The van der Waals surface area contributed by atoms with E-state index in [4.69, 9.17) is 19.3 Å². The lowest BCUT2D eigenvalue weighted by molar-refractivity contribution is 0.103. The van der Waals surface area contributed by atoms with Gasteiger partial charge in [-0.3, -0.25) is 4.57 Å². The summed E-state index contributed by atoms with van der Waals surface area (Å²) in [6.45, 7) is 3.46. The van der Waals surface area contributed by atoms with Gasteiger partial charge in [-0.2, -0.15) is 0 Å². The van der Waals surface area contributed by atoms with Crippen molar-refractivity contribution in [1.82, 2.24) is 0 Å². The fourth-order valence-electron chi connectivity index (χ4n) is 0.852. The first-order valence-corrected chi connectivity index (χ1v) is 5.97. The molecule has 0 saturated carbocycles. The van der Waals surface area contributed by atoms with E-state index in [2.05, 4.69) is 0 Å². The molecule has 0 aliphatic carbocycles. The largest absolute Gasteiger partial charge is 0.394 e. The number of aliphatic hydroxyl groups is 2. The minimum absolute atomic E-state index is 0.162. The van der Waals surface area contributed by atoms with Crippen LogP contribution in [0.5, 0.6) is 0 Å². The van der Waals surface area contributed by atoms with Gasteiger partial charge >= 0.3 is 7.60 Å². The van der Waals surface area contributed by atoms with Crippen LogP contribution in [0.4, 0.5) is 0 Å². The van der Waals surface area contributed by atoms with Crippen LogP contribution < -0.4 is 0 Å². The zero-order chi connectivity index (χ0) is 10.3. The van der Waals surface area contributed by atoms with E-state index in [0.29, 0.717) is 0 Å². The summed E-state index contributed by atoms with van der Waals surface area (Å²) in [5, 5.41) is 17.6. The van der Waals surface area contributed by atoms with Crippen LogP contribution in [0.2, 0.25) is 0 Å². The van der Waals surface area contributed by atoms with E-state index in [0.717, 1.165) is 0 Å². The first kappa shape index (κ1) is 13.1. The Labute approximate surface area is 78.2 Å². The molecule has 0 aliphatic rings. The summed E-state index contributed by atoms with van der Waals surface area (Å²) in [7, 11) is -3.20. The highest BCUT2D eigenvalue weighted by molar-refractivity contribution is 7.53. The number of aliphatic hydroxyl groups excluding tert-OH is 2. The number of hydrogen-bond donors (Lipinski definition) is 2. The monoisotopic (exact) mass is 212 g/mol. The Balaban J connectivity index is 4.14. The van der Waals surface area contributed by atoms with Crippen molar-refractivity contribution in [3.8, 4) is 0 Å². The van der Waals surface area contributed by atoms with Crippen molar-refractivity contribution in [3.63, 3.8) is 0 Å². The highest BCUT2D eigenvalue weighted by atomic mass is 31.2. The first-order valence-electron chi connectivity index (χ1n) is 4.25. The van der Waals surface area contributed by atoms with E-state index in [1.165, 1.54) is 0 Å². The molecule has 0 aromatic carbocycles. The van der Waals surface area contributed by atoms with Crippen LogP contribution in [0.25, 0.3) is 0 Å². The second kappa shape index (κ2) is 6.51. The fourth-order valence-corrected chi connectivity index (χ4v) is 2.56. The second-order valence-corrected chi connectivity index (χ2v) is 4.57. The van der Waals surface area contributed by atoms with Crippen molar-refractivity contribution in [2.75, 3.05) is 26.0 Å².